The molecule has 4 aromatic rings. The normalized spacial score (nSPS) is 17.6. The van der Waals surface area contributed by atoms with Gasteiger partial charge in [0.15, 0.2) is 0 Å². The second-order valence-electron chi connectivity index (χ2n) is 10.2. The third-order valence-electron chi connectivity index (χ3n) is 8.33. The molecule has 7 rings (SSSR count). The van der Waals surface area contributed by atoms with Gasteiger partial charge in [0.25, 0.3) is 0 Å². The number of hydrogen-bond donors (Lipinski definition) is 0. The van der Waals surface area contributed by atoms with Crippen LogP contribution in [0.5, 0.6) is 0 Å². The molecule has 0 amide bonds. The first-order chi connectivity index (χ1) is 20.1. The number of benzene rings is 3. The van der Waals surface area contributed by atoms with Gasteiger partial charge in [-0.15, -0.1) is 0 Å². The summed E-state index contributed by atoms with van der Waals surface area (Å²) in [6.45, 7) is 0. The number of methoxy groups -OCH3 is 2. The predicted octanol–water partition coefficient (Wildman–Crippen LogP) is 5.95. The summed E-state index contributed by atoms with van der Waals surface area (Å²) in [5.74, 6) is -1.15. The van der Waals surface area contributed by atoms with E-state index in [-0.39, 0.29) is 11.3 Å². The van der Waals surface area contributed by atoms with Gasteiger partial charge < -0.3 is 14.4 Å². The van der Waals surface area contributed by atoms with Crippen LogP contribution in [0.4, 0.5) is 5.69 Å². The molecular weight excluding hydrogens is 512 g/mol. The van der Waals surface area contributed by atoms with Crippen molar-refractivity contribution in [3.63, 3.8) is 0 Å². The van der Waals surface area contributed by atoms with E-state index >= 15 is 0 Å². The van der Waals surface area contributed by atoms with E-state index in [1.165, 1.54) is 14.2 Å². The van der Waals surface area contributed by atoms with Crippen LogP contribution in [-0.4, -0.2) is 37.2 Å². The lowest BCUT2D eigenvalue weighted by Crippen LogP contribution is -2.46. The summed E-state index contributed by atoms with van der Waals surface area (Å²) in [5, 5.41) is 0. The van der Waals surface area contributed by atoms with Crippen LogP contribution in [0.1, 0.15) is 22.3 Å². The first-order valence-corrected chi connectivity index (χ1v) is 13.4. The Morgan fingerprint density at radius 1 is 0.756 bits per heavy atom. The van der Waals surface area contributed by atoms with Gasteiger partial charge >= 0.3 is 11.9 Å². The summed E-state index contributed by atoms with van der Waals surface area (Å²) in [6, 6.07) is 27.6. The fourth-order valence-electron chi connectivity index (χ4n) is 6.76. The van der Waals surface area contributed by atoms with Crippen molar-refractivity contribution in [2.24, 2.45) is 0 Å². The molecular formula is C35H26N2O4. The van der Waals surface area contributed by atoms with Crippen molar-refractivity contribution in [3.8, 4) is 11.1 Å². The number of carbonyl (C=O) groups excluding carboxylic acids is 2. The second kappa shape index (κ2) is 9.45. The molecule has 0 fully saturated rings. The molecule has 0 N–H and O–H groups in total. The average molecular weight is 539 g/mol. The second-order valence-corrected chi connectivity index (χ2v) is 10.2. The highest BCUT2D eigenvalue weighted by atomic mass is 16.5. The average Bonchev–Trinajstić information content (AvgIpc) is 3.51. The third-order valence-corrected chi connectivity index (χ3v) is 8.33. The Hall–Kier alpha value is -5.23. The number of nitrogens with zero attached hydrogens (tertiary/aromatic N) is 2. The molecule has 3 heterocycles. The Balaban J connectivity index is 1.59. The Bertz CT molecular complexity index is 1770. The highest BCUT2D eigenvalue weighted by molar-refractivity contribution is 6.11. The number of aromatic nitrogens is 1. The number of fused-ring (bicyclic) bond motifs is 9. The van der Waals surface area contributed by atoms with Gasteiger partial charge in [-0.25, -0.2) is 9.59 Å². The molecule has 1 aliphatic carbocycles. The van der Waals surface area contributed by atoms with E-state index in [0.29, 0.717) is 0 Å². The smallest absolute Gasteiger partial charge is 0.355 e. The number of hydrogen-bond acceptors (Lipinski definition) is 6. The lowest BCUT2D eigenvalue weighted by atomic mass is 9.67. The van der Waals surface area contributed by atoms with E-state index in [1.807, 2.05) is 71.6 Å². The van der Waals surface area contributed by atoms with Crippen LogP contribution < -0.4 is 4.90 Å². The first-order valence-electron chi connectivity index (χ1n) is 13.4. The predicted molar refractivity (Wildman–Crippen MR) is 158 cm³/mol. The number of carbonyl (C=O) groups is 2. The summed E-state index contributed by atoms with van der Waals surface area (Å²) in [5.41, 5.74) is 7.15. The zero-order chi connectivity index (χ0) is 28.1. The van der Waals surface area contributed by atoms with Crippen LogP contribution in [-0.2, 0) is 24.5 Å². The van der Waals surface area contributed by atoms with Gasteiger partial charge in [0, 0.05) is 23.6 Å². The summed E-state index contributed by atoms with van der Waals surface area (Å²) < 4.78 is 10.8. The van der Waals surface area contributed by atoms with Gasteiger partial charge in [0.1, 0.15) is 5.70 Å². The molecule has 0 saturated carbocycles. The zero-order valence-electron chi connectivity index (χ0n) is 22.6. The van der Waals surface area contributed by atoms with Gasteiger partial charge in [-0.05, 0) is 51.6 Å². The Kier molecular flexibility index (Phi) is 5.71. The van der Waals surface area contributed by atoms with Crippen molar-refractivity contribution in [2.45, 2.75) is 11.5 Å². The largest absolute Gasteiger partial charge is 0.466 e. The molecule has 0 radical (unpaired) electrons. The highest BCUT2D eigenvalue weighted by Gasteiger charge is 2.63. The van der Waals surface area contributed by atoms with Crippen molar-refractivity contribution >= 4 is 29.3 Å². The summed E-state index contributed by atoms with van der Waals surface area (Å²) in [4.78, 5) is 33.7. The number of esters is 2. The number of ether oxygens (including phenoxy) is 2. The number of rotatable bonds is 4. The molecule has 2 aliphatic heterocycles. The third kappa shape index (κ3) is 3.40. The lowest BCUT2D eigenvalue weighted by Gasteiger charge is -2.41. The number of pyridine rings is 1. The van der Waals surface area contributed by atoms with Crippen LogP contribution in [0.25, 0.3) is 22.8 Å². The first kappa shape index (κ1) is 24.8. The van der Waals surface area contributed by atoms with Crippen molar-refractivity contribution in [1.82, 2.24) is 4.98 Å². The van der Waals surface area contributed by atoms with E-state index in [9.17, 15) is 9.59 Å². The Labute approximate surface area is 237 Å². The SMILES string of the molecule is COC(=O)C1=C(C(=O)OC)C2(c3ccccc3-c3ccccc32)C2C=C(/C=C/c3ccncc3)c3ccccc3N12. The fourth-order valence-corrected chi connectivity index (χ4v) is 6.76. The molecule has 3 aromatic carbocycles. The fraction of sp³-hybridized carbons (Fsp3) is 0.114. The molecule has 1 aromatic heterocycles. The molecule has 0 saturated heterocycles. The van der Waals surface area contributed by atoms with Crippen LogP contribution in [0.2, 0.25) is 0 Å². The van der Waals surface area contributed by atoms with E-state index in [1.54, 1.807) is 12.4 Å². The molecule has 3 aliphatic rings. The maximum absolute atomic E-state index is 13.9. The van der Waals surface area contributed by atoms with Crippen LogP contribution in [0.15, 0.2) is 121 Å². The Morgan fingerprint density at radius 3 is 1.98 bits per heavy atom. The minimum absolute atomic E-state index is 0.191. The molecule has 41 heavy (non-hydrogen) atoms. The van der Waals surface area contributed by atoms with E-state index in [0.717, 1.165) is 44.6 Å². The maximum atomic E-state index is 13.9. The Morgan fingerprint density at radius 2 is 1.34 bits per heavy atom. The van der Waals surface area contributed by atoms with Crippen molar-refractivity contribution in [1.29, 1.82) is 0 Å². The number of allylic oxidation sites excluding steroid dienone is 2. The molecule has 1 spiro atoms. The lowest BCUT2D eigenvalue weighted by molar-refractivity contribution is -0.139. The highest BCUT2D eigenvalue weighted by Crippen LogP contribution is 2.62. The van der Waals surface area contributed by atoms with Gasteiger partial charge in [-0.1, -0.05) is 85.0 Å². The van der Waals surface area contributed by atoms with Gasteiger partial charge in [0.2, 0.25) is 0 Å². The van der Waals surface area contributed by atoms with E-state index in [4.69, 9.17) is 9.47 Å². The van der Waals surface area contributed by atoms with Crippen molar-refractivity contribution < 1.29 is 19.1 Å². The minimum atomic E-state index is -1.02. The van der Waals surface area contributed by atoms with Crippen molar-refractivity contribution in [3.05, 3.63) is 143 Å². The monoisotopic (exact) mass is 538 g/mol. The molecule has 0 bridgehead atoms. The van der Waals surface area contributed by atoms with Crippen molar-refractivity contribution in [2.75, 3.05) is 19.1 Å². The number of anilines is 1. The van der Waals surface area contributed by atoms with Gasteiger partial charge in [-0.2, -0.15) is 0 Å². The molecule has 6 heteroatoms. The summed E-state index contributed by atoms with van der Waals surface area (Å²) in [7, 11) is 2.70. The van der Waals surface area contributed by atoms with Crippen LogP contribution >= 0.6 is 0 Å². The quantitative estimate of drug-likeness (QED) is 0.299. The molecule has 1 atom stereocenters. The molecule has 200 valence electrons. The maximum Gasteiger partial charge on any atom is 0.355 e. The summed E-state index contributed by atoms with van der Waals surface area (Å²) in [6.07, 6.45) is 9.82. The molecule has 6 nitrogen and oxygen atoms in total. The van der Waals surface area contributed by atoms with E-state index in [2.05, 4.69) is 41.4 Å². The topological polar surface area (TPSA) is 68.7 Å². The van der Waals surface area contributed by atoms with Gasteiger partial charge in [-0.3, -0.25) is 4.98 Å². The standard InChI is InChI=1S/C35H26N2O4/c1-40-33(38)31-32(34(39)41-2)37-29-14-8-5-9-24(29)23(16-15-22-17-19-36-20-18-22)21-30(37)35(31)27-12-6-3-10-25(27)26-11-4-7-13-28(26)35/h3-21,30H,1-2H3/b16-15+. The number of para-hydroxylation sites is 1. The van der Waals surface area contributed by atoms with Gasteiger partial charge in [0.05, 0.1) is 31.2 Å². The zero-order valence-corrected chi connectivity index (χ0v) is 22.6. The molecule has 1 unspecified atom stereocenters. The van der Waals surface area contributed by atoms with Crippen LogP contribution in [0.3, 0.4) is 0 Å². The van der Waals surface area contributed by atoms with E-state index < -0.39 is 23.4 Å². The minimum Gasteiger partial charge on any atom is -0.466 e. The summed E-state index contributed by atoms with van der Waals surface area (Å²) >= 11 is 0. The van der Waals surface area contributed by atoms with Crippen LogP contribution in [0, 0.1) is 0 Å².